The van der Waals surface area contributed by atoms with Crippen LogP contribution in [0.4, 0.5) is 5.69 Å². The lowest BCUT2D eigenvalue weighted by Gasteiger charge is -2.30. The highest BCUT2D eigenvalue weighted by molar-refractivity contribution is 7.92. The maximum absolute atomic E-state index is 12.7. The summed E-state index contributed by atoms with van der Waals surface area (Å²) in [6, 6.07) is 10.0. The summed E-state index contributed by atoms with van der Waals surface area (Å²) in [5.74, 6) is -0.346. The van der Waals surface area contributed by atoms with E-state index in [2.05, 4.69) is 10.3 Å². The molecule has 0 spiro atoms. The largest absolute Gasteiger partial charge is 0.349 e. The van der Waals surface area contributed by atoms with Crippen LogP contribution in [0.2, 0.25) is 0 Å². The number of anilines is 1. The van der Waals surface area contributed by atoms with Gasteiger partial charge in [0.15, 0.2) is 0 Å². The van der Waals surface area contributed by atoms with Gasteiger partial charge in [0, 0.05) is 6.20 Å². The fraction of sp³-hybridized carbons (Fsp3) is 0.368. The first-order chi connectivity index (χ1) is 12.2. The number of sulfonamides is 1. The topological polar surface area (TPSA) is 79.4 Å². The average Bonchev–Trinajstić information content (AvgIpc) is 2.60. The number of nitrogens with one attached hydrogen (secondary N) is 1. The fourth-order valence-electron chi connectivity index (χ4n) is 2.72. The van der Waals surface area contributed by atoms with E-state index in [9.17, 15) is 13.2 Å². The van der Waals surface area contributed by atoms with Crippen molar-refractivity contribution in [1.29, 1.82) is 0 Å². The molecule has 0 aliphatic carbocycles. The Morgan fingerprint density at radius 3 is 2.46 bits per heavy atom. The van der Waals surface area contributed by atoms with Gasteiger partial charge in [0.2, 0.25) is 15.9 Å². The Hall–Kier alpha value is -2.41. The molecule has 0 bridgehead atoms. The summed E-state index contributed by atoms with van der Waals surface area (Å²) in [7, 11) is -3.63. The number of nitrogens with zero attached hydrogens (tertiary/aromatic N) is 2. The molecular formula is C19H25N3O3S. The van der Waals surface area contributed by atoms with Gasteiger partial charge in [-0.15, -0.1) is 0 Å². The second-order valence-electron chi connectivity index (χ2n) is 6.29. The minimum atomic E-state index is -3.63. The summed E-state index contributed by atoms with van der Waals surface area (Å²) in [5.41, 5.74) is 3.25. The zero-order valence-electron chi connectivity index (χ0n) is 15.6. The number of pyridine rings is 1. The first-order valence-electron chi connectivity index (χ1n) is 8.48. The zero-order valence-corrected chi connectivity index (χ0v) is 16.4. The van der Waals surface area contributed by atoms with Crippen LogP contribution in [0.25, 0.3) is 0 Å². The average molecular weight is 375 g/mol. The zero-order chi connectivity index (χ0) is 19.3. The monoisotopic (exact) mass is 375 g/mol. The molecular weight excluding hydrogens is 350 g/mol. The molecule has 0 aliphatic rings. The van der Waals surface area contributed by atoms with Crippen LogP contribution < -0.4 is 9.62 Å². The summed E-state index contributed by atoms with van der Waals surface area (Å²) in [4.78, 5) is 16.9. The number of amides is 1. The van der Waals surface area contributed by atoms with E-state index in [1.165, 1.54) is 4.31 Å². The van der Waals surface area contributed by atoms with Crippen molar-refractivity contribution in [2.75, 3.05) is 10.6 Å². The Balaban J connectivity index is 2.29. The first kappa shape index (κ1) is 19.9. The lowest BCUT2D eigenvalue weighted by atomic mass is 10.1. The van der Waals surface area contributed by atoms with Crippen LogP contribution in [0.15, 0.2) is 42.6 Å². The van der Waals surface area contributed by atoms with E-state index in [1.54, 1.807) is 37.4 Å². The summed E-state index contributed by atoms with van der Waals surface area (Å²) in [6.07, 6.45) is 3.13. The van der Waals surface area contributed by atoms with Crippen LogP contribution in [-0.4, -0.2) is 31.6 Å². The standard InChI is InChI=1S/C19H25N3O3S/c1-5-18(19(23)21-13-16-8-6-7-11-20-16)22(26(4,24)25)17-10-9-14(2)15(3)12-17/h6-12,18H,5,13H2,1-4H3,(H,21,23). The van der Waals surface area contributed by atoms with E-state index in [0.29, 0.717) is 17.8 Å². The number of rotatable bonds is 7. The van der Waals surface area contributed by atoms with Gasteiger partial charge in [-0.1, -0.05) is 19.1 Å². The predicted octanol–water partition coefficient (Wildman–Crippen LogP) is 2.56. The smallest absolute Gasteiger partial charge is 0.244 e. The lowest BCUT2D eigenvalue weighted by Crippen LogP contribution is -2.49. The molecule has 7 heteroatoms. The molecule has 1 amide bonds. The Morgan fingerprint density at radius 1 is 1.19 bits per heavy atom. The molecule has 0 aliphatic heterocycles. The third-order valence-corrected chi connectivity index (χ3v) is 5.42. The quantitative estimate of drug-likeness (QED) is 0.807. The van der Waals surface area contributed by atoms with Gasteiger partial charge in [0.25, 0.3) is 0 Å². The molecule has 6 nitrogen and oxygen atoms in total. The van der Waals surface area contributed by atoms with Crippen molar-refractivity contribution in [2.24, 2.45) is 0 Å². The maximum atomic E-state index is 12.7. The van der Waals surface area contributed by atoms with Gasteiger partial charge in [-0.25, -0.2) is 8.42 Å². The molecule has 0 radical (unpaired) electrons. The van der Waals surface area contributed by atoms with Crippen LogP contribution in [0.5, 0.6) is 0 Å². The van der Waals surface area contributed by atoms with Crippen LogP contribution in [0.3, 0.4) is 0 Å². The highest BCUT2D eigenvalue weighted by Gasteiger charge is 2.31. The van der Waals surface area contributed by atoms with Crippen molar-refractivity contribution in [3.05, 3.63) is 59.4 Å². The molecule has 1 aromatic heterocycles. The van der Waals surface area contributed by atoms with Gasteiger partial charge in [-0.2, -0.15) is 0 Å². The number of aryl methyl sites for hydroxylation is 2. The third-order valence-electron chi connectivity index (χ3n) is 4.24. The molecule has 2 rings (SSSR count). The predicted molar refractivity (Wildman–Crippen MR) is 103 cm³/mol. The van der Waals surface area contributed by atoms with Gasteiger partial charge in [0.1, 0.15) is 6.04 Å². The SMILES string of the molecule is CCC(C(=O)NCc1ccccn1)N(c1ccc(C)c(C)c1)S(C)(=O)=O. The molecule has 0 saturated heterocycles. The normalized spacial score (nSPS) is 12.5. The third kappa shape index (κ3) is 4.82. The number of carbonyl (C=O) groups is 1. The van der Waals surface area contributed by atoms with Crippen molar-refractivity contribution in [3.8, 4) is 0 Å². The van der Waals surface area contributed by atoms with Gasteiger partial charge < -0.3 is 5.32 Å². The molecule has 2 aromatic rings. The molecule has 140 valence electrons. The molecule has 0 saturated carbocycles. The molecule has 1 aromatic carbocycles. The number of benzene rings is 1. The van der Waals surface area contributed by atoms with Crippen molar-refractivity contribution in [3.63, 3.8) is 0 Å². The van der Waals surface area contributed by atoms with E-state index in [1.807, 2.05) is 26.0 Å². The summed E-state index contributed by atoms with van der Waals surface area (Å²) in [6.45, 7) is 5.92. The minimum Gasteiger partial charge on any atom is -0.349 e. The summed E-state index contributed by atoms with van der Waals surface area (Å²) < 4.78 is 26.1. The molecule has 1 atom stereocenters. The molecule has 1 unspecified atom stereocenters. The van der Waals surface area contributed by atoms with Crippen molar-refractivity contribution >= 4 is 21.6 Å². The van der Waals surface area contributed by atoms with Crippen molar-refractivity contribution in [1.82, 2.24) is 10.3 Å². The van der Waals surface area contributed by atoms with Crippen LogP contribution in [0, 0.1) is 13.8 Å². The van der Waals surface area contributed by atoms with Gasteiger partial charge in [-0.3, -0.25) is 14.1 Å². The van der Waals surface area contributed by atoms with Gasteiger partial charge in [0.05, 0.1) is 24.2 Å². The van der Waals surface area contributed by atoms with Crippen LogP contribution >= 0.6 is 0 Å². The van der Waals surface area contributed by atoms with E-state index in [0.717, 1.165) is 17.4 Å². The Bertz CT molecular complexity index is 867. The van der Waals surface area contributed by atoms with Gasteiger partial charge in [-0.05, 0) is 55.7 Å². The van der Waals surface area contributed by atoms with E-state index < -0.39 is 16.1 Å². The second kappa shape index (κ2) is 8.31. The Morgan fingerprint density at radius 2 is 1.92 bits per heavy atom. The first-order valence-corrected chi connectivity index (χ1v) is 10.3. The lowest BCUT2D eigenvalue weighted by molar-refractivity contribution is -0.122. The molecule has 1 heterocycles. The highest BCUT2D eigenvalue weighted by atomic mass is 32.2. The minimum absolute atomic E-state index is 0.251. The summed E-state index contributed by atoms with van der Waals surface area (Å²) in [5, 5.41) is 2.79. The molecule has 26 heavy (non-hydrogen) atoms. The molecule has 0 fully saturated rings. The summed E-state index contributed by atoms with van der Waals surface area (Å²) >= 11 is 0. The van der Waals surface area contributed by atoms with Crippen LogP contribution in [0.1, 0.15) is 30.2 Å². The highest BCUT2D eigenvalue weighted by Crippen LogP contribution is 2.25. The fourth-order valence-corrected chi connectivity index (χ4v) is 3.92. The number of hydrogen-bond acceptors (Lipinski definition) is 4. The van der Waals surface area contributed by atoms with Crippen LogP contribution in [-0.2, 0) is 21.4 Å². The van der Waals surface area contributed by atoms with E-state index in [-0.39, 0.29) is 12.5 Å². The Labute approximate surface area is 155 Å². The van der Waals surface area contributed by atoms with Crippen molar-refractivity contribution in [2.45, 2.75) is 39.8 Å². The Kier molecular flexibility index (Phi) is 6.37. The van der Waals surface area contributed by atoms with E-state index >= 15 is 0 Å². The van der Waals surface area contributed by atoms with Gasteiger partial charge >= 0.3 is 0 Å². The second-order valence-corrected chi connectivity index (χ2v) is 8.15. The number of aromatic nitrogens is 1. The van der Waals surface area contributed by atoms with Crippen molar-refractivity contribution < 1.29 is 13.2 Å². The van der Waals surface area contributed by atoms with E-state index in [4.69, 9.17) is 0 Å². The number of hydrogen-bond donors (Lipinski definition) is 1. The molecule has 1 N–H and O–H groups in total. The maximum Gasteiger partial charge on any atom is 0.244 e. The number of carbonyl (C=O) groups excluding carboxylic acids is 1.